The summed E-state index contributed by atoms with van der Waals surface area (Å²) >= 11 is 1.71. The van der Waals surface area contributed by atoms with Gasteiger partial charge in [-0.3, -0.25) is 19.9 Å². The van der Waals surface area contributed by atoms with Gasteiger partial charge in [-0.25, -0.2) is 15.0 Å². The highest BCUT2D eigenvalue weighted by molar-refractivity contribution is 7.07. The van der Waals surface area contributed by atoms with Crippen LogP contribution >= 0.6 is 11.3 Å². The fourth-order valence-corrected chi connectivity index (χ4v) is 9.55. The van der Waals surface area contributed by atoms with Crippen LogP contribution in [0.15, 0.2) is 262 Å². The Morgan fingerprint density at radius 1 is 0.396 bits per heavy atom. The van der Waals surface area contributed by atoms with Crippen LogP contribution in [-0.2, 0) is 39.9 Å². The summed E-state index contributed by atoms with van der Waals surface area (Å²) in [6.07, 6.45) is 32.1. The number of pyridine rings is 4. The maximum atomic E-state index is 11.0. The largest absolute Gasteiger partial charge is 0.619 e. The number of thiophene rings is 1. The molecule has 0 atom stereocenters. The van der Waals surface area contributed by atoms with Crippen LogP contribution < -0.4 is 9.46 Å². The van der Waals surface area contributed by atoms with Crippen LogP contribution in [-0.4, -0.2) is 45.9 Å². The average Bonchev–Trinajstić information content (AvgIpc) is 1.72. The Bertz CT molecular complexity index is 4390. The van der Waals surface area contributed by atoms with E-state index in [4.69, 9.17) is 5.26 Å². The summed E-state index contributed by atoms with van der Waals surface area (Å²) in [6, 6.07) is 51.6. The van der Waals surface area contributed by atoms with Gasteiger partial charge in [0.1, 0.15) is 6.33 Å². The van der Waals surface area contributed by atoms with Crippen molar-refractivity contribution >= 4 is 17.1 Å². The molecule has 139 heavy (non-hydrogen) atoms. The number of ketones is 1. The summed E-state index contributed by atoms with van der Waals surface area (Å²) < 4.78 is 1.68. The van der Waals surface area contributed by atoms with Crippen molar-refractivity contribution in [3.8, 4) is 6.07 Å². The molecule has 0 saturated heterocycles. The molecule has 2 N–H and O–H groups in total. The van der Waals surface area contributed by atoms with Gasteiger partial charge in [0.25, 0.3) is 0 Å². The molecule has 8 heterocycles. The van der Waals surface area contributed by atoms with Crippen molar-refractivity contribution in [2.45, 2.75) is 399 Å². The standard InChI is InChI=1S/C12H16O.C11H13N.C10H15NO.C10H15N.C10H14.C9H13NO.C9H13N.C7H14.C7H16.5C5H12.C4H4N2.C4H4S.2C3H4N2/c1-9(13)10-5-7-11(8-6-10)12(2,3)4;1-11(2,3)10-6-4-5-9(7-10)8-12;1-10(2,3)7-9-5-4-6-11(12)8-9;1-10(2,3)7-9-5-4-6-11-8-9;1-10(2,3)9-7-5-4-6-8-9;1-9(2,3)8-5-4-6-10(11)7-8;1-9(2,3)8-5-4-6-10-7-8;1-7(2,3)6-4-5-6;1-6(2)7(3,4)5;5*1-5(2,3)4;1-2-5-4-6-3-1;1-2-4-5-3-1;1-2-5-3-4-1;1-2-4-5-3-1/h5-8H,1-4H3;4-7H,1-3H3;4-6,8H,7H2,1-3H3;4-6,8H,7H2,1-3H3;4-8H,1-3H3;4-7H,1-3H3;4-7H,1-3H3;6H,4-5H2,1-3H3;6H,1-5H3;5*1-4H3;1-4H;1-4H;2*1-3H,(H,4,5). The van der Waals surface area contributed by atoms with Gasteiger partial charge in [0, 0.05) is 90.8 Å². The van der Waals surface area contributed by atoms with Gasteiger partial charge in [-0.15, -0.1) is 0 Å². The molecule has 15 heteroatoms. The molecule has 8 aromatic heterocycles. The van der Waals surface area contributed by atoms with Gasteiger partial charge in [-0.2, -0.15) is 31.2 Å². The summed E-state index contributed by atoms with van der Waals surface area (Å²) in [5.74, 6) is 1.97. The molecule has 0 radical (unpaired) electrons. The molecule has 12 rings (SSSR count). The minimum absolute atomic E-state index is 0.0629. The molecule has 0 unspecified atom stereocenters. The van der Waals surface area contributed by atoms with Gasteiger partial charge in [-0.1, -0.05) is 430 Å². The van der Waals surface area contributed by atoms with Crippen LogP contribution in [0.4, 0.5) is 0 Å². The van der Waals surface area contributed by atoms with Crippen LogP contribution in [0.2, 0.25) is 0 Å². The molecule has 1 aliphatic carbocycles. The van der Waals surface area contributed by atoms with E-state index < -0.39 is 0 Å². The molecule has 3 aromatic carbocycles. The van der Waals surface area contributed by atoms with E-state index in [1.165, 1.54) is 59.4 Å². The maximum Gasteiger partial charge on any atom is 0.184 e. The van der Waals surface area contributed by atoms with Crippen molar-refractivity contribution in [2.75, 3.05) is 0 Å². The predicted octanol–water partition coefficient (Wildman–Crippen LogP) is 36.0. The molecule has 1 fully saturated rings. The molecule has 0 spiro atoms. The summed E-state index contributed by atoms with van der Waals surface area (Å²) in [7, 11) is 0. The monoisotopic (exact) mass is 1930 g/mol. The fourth-order valence-electron chi connectivity index (χ4n) is 9.10. The van der Waals surface area contributed by atoms with Crippen molar-refractivity contribution < 1.29 is 14.3 Å². The normalized spacial score (nSPS) is 11.6. The second-order valence-electron chi connectivity index (χ2n) is 52.9. The lowest BCUT2D eigenvalue weighted by atomic mass is 9.84. The van der Waals surface area contributed by atoms with Gasteiger partial charge in [0.05, 0.1) is 18.0 Å². The van der Waals surface area contributed by atoms with Crippen LogP contribution in [0.3, 0.4) is 0 Å². The Balaban J connectivity index is -0.000000340. The summed E-state index contributed by atoms with van der Waals surface area (Å²) in [5.41, 5.74) is 15.3. The first-order valence-corrected chi connectivity index (χ1v) is 50.6. The van der Waals surface area contributed by atoms with E-state index in [1.54, 1.807) is 98.6 Å². The minimum atomic E-state index is 0.0629. The van der Waals surface area contributed by atoms with Crippen LogP contribution in [0.1, 0.15) is 414 Å². The second-order valence-corrected chi connectivity index (χ2v) is 53.7. The van der Waals surface area contributed by atoms with Gasteiger partial charge in [0.15, 0.2) is 30.6 Å². The number of H-pyrrole nitrogens is 2. The Morgan fingerprint density at radius 2 is 0.770 bits per heavy atom. The highest BCUT2D eigenvalue weighted by Gasteiger charge is 2.33. The molecular formula is C124H205N11O3S. The number of carbonyl (C=O) groups is 1. The number of carbonyl (C=O) groups excluding carboxylic acids is 1. The topological polar surface area (TPSA) is 204 Å². The minimum Gasteiger partial charge on any atom is -0.619 e. The van der Waals surface area contributed by atoms with Crippen LogP contribution in [0.25, 0.3) is 0 Å². The van der Waals surface area contributed by atoms with Crippen molar-refractivity contribution in [2.24, 2.45) is 60.6 Å². The van der Waals surface area contributed by atoms with Gasteiger partial charge < -0.3 is 15.4 Å². The highest BCUT2D eigenvalue weighted by atomic mass is 32.1. The predicted molar refractivity (Wildman–Crippen MR) is 609 cm³/mol. The Kier molecular flexibility index (Phi) is 69.6. The zero-order valence-electron chi connectivity index (χ0n) is 98.0. The van der Waals surface area contributed by atoms with Crippen LogP contribution in [0.5, 0.6) is 0 Å². The zero-order valence-corrected chi connectivity index (χ0v) is 98.8. The molecule has 14 nitrogen and oxygen atoms in total. The molecular weight excluding hydrogens is 1720 g/mol. The smallest absolute Gasteiger partial charge is 0.184 e. The van der Waals surface area contributed by atoms with E-state index in [0.29, 0.717) is 48.7 Å². The lowest BCUT2D eigenvalue weighted by Gasteiger charge is -2.22. The molecule has 1 aliphatic rings. The highest BCUT2D eigenvalue weighted by Crippen LogP contribution is 2.44. The third-order valence-corrected chi connectivity index (χ3v) is 17.7. The second kappa shape index (κ2) is 69.2. The number of nitriles is 1. The number of nitrogens with one attached hydrogen (secondary N) is 2. The molecule has 0 aliphatic heterocycles. The van der Waals surface area contributed by atoms with Crippen LogP contribution in [0, 0.1) is 82.3 Å². The maximum absolute atomic E-state index is 11.0. The van der Waals surface area contributed by atoms with E-state index in [-0.39, 0.29) is 32.9 Å². The lowest BCUT2D eigenvalue weighted by Crippen LogP contribution is -2.27. The molecule has 780 valence electrons. The van der Waals surface area contributed by atoms with Crippen molar-refractivity contribution in [3.63, 3.8) is 0 Å². The number of benzene rings is 3. The van der Waals surface area contributed by atoms with Crippen molar-refractivity contribution in [1.29, 1.82) is 5.26 Å². The molecule has 11 aromatic rings. The fraction of sp³-hybridized carbons (Fsp3) is 0.565. The van der Waals surface area contributed by atoms with Crippen molar-refractivity contribution in [3.05, 3.63) is 322 Å². The zero-order chi connectivity index (χ0) is 109. The first-order chi connectivity index (χ1) is 62.8. The molecule has 1 saturated carbocycles. The molecule has 0 amide bonds. The molecule has 0 bridgehead atoms. The lowest BCUT2D eigenvalue weighted by molar-refractivity contribution is -0.606. The Labute approximate surface area is 859 Å². The Hall–Kier alpha value is -9.78. The number of rotatable bonds is 3. The number of Topliss-reactive ketones (excluding diaryl/α,β-unsaturated/α-hetero) is 1. The summed E-state index contributed by atoms with van der Waals surface area (Å²) in [4.78, 5) is 32.9. The third-order valence-electron chi connectivity index (χ3n) is 17.1. The quantitative estimate of drug-likeness (QED) is 0.0973. The number of hydrogen-bond acceptors (Lipinski definition) is 11. The number of aromatic nitrogens is 10. The van der Waals surface area contributed by atoms with Gasteiger partial charge in [0.2, 0.25) is 0 Å². The summed E-state index contributed by atoms with van der Waals surface area (Å²) in [5, 5.41) is 40.7. The van der Waals surface area contributed by atoms with Gasteiger partial charge >= 0.3 is 0 Å². The van der Waals surface area contributed by atoms with Crippen molar-refractivity contribution in [1.82, 2.24) is 40.1 Å². The number of nitrogens with zero attached hydrogens (tertiary/aromatic N) is 9. The van der Waals surface area contributed by atoms with E-state index in [0.717, 1.165) is 56.4 Å². The van der Waals surface area contributed by atoms with E-state index >= 15 is 0 Å². The third kappa shape index (κ3) is 110. The number of aromatic amines is 2. The SMILES string of the molecule is CC(=O)c1ccc(C(C)(C)C)cc1.CC(C)(C)C.CC(C)(C)C.CC(C)(C)C.CC(C)(C)C.CC(C)(C)C.CC(C)(C)C1CC1.CC(C)(C)Cc1ccc[n+]([O-])c1.CC(C)(C)Cc1cccnc1.CC(C)(C)c1ccc[n+]([O-])c1.CC(C)(C)c1cccc(C#N)c1.CC(C)(C)c1ccccc1.CC(C)(C)c1cccnc1.CC(C)C(C)(C)C.c1c[nH]cn1.c1ccsc1.c1cn[nH]c1.c1cncnc1. The first-order valence-electron chi connectivity index (χ1n) is 49.6. The number of hydrogen-bond donors (Lipinski definition) is 2. The van der Waals surface area contributed by atoms with Gasteiger partial charge in [-0.05, 0) is 207 Å². The first kappa shape index (κ1) is 140. The van der Waals surface area contributed by atoms with E-state index in [1.807, 2.05) is 114 Å². The van der Waals surface area contributed by atoms with E-state index in [9.17, 15) is 15.2 Å². The Morgan fingerprint density at radius 3 is 1.01 bits per heavy atom. The summed E-state index contributed by atoms with van der Waals surface area (Å²) in [6.45, 7) is 109. The number of imidazole rings is 1. The van der Waals surface area contributed by atoms with E-state index in [2.05, 4.69) is 434 Å². The average molecular weight is 1930 g/mol.